The number of alkyl halides is 1. The molecule has 3 aliphatic heterocycles. The number of aliphatic carboxylic acids is 1. The minimum absolute atomic E-state index is 0.00852. The Bertz CT molecular complexity index is 6150. The first-order valence-corrected chi connectivity index (χ1v) is 42.7. The molecule has 4 heterocycles. The number of ketones is 3. The molecule has 680 valence electrons. The van der Waals surface area contributed by atoms with Crippen molar-refractivity contribution in [3.8, 4) is 17.2 Å². The van der Waals surface area contributed by atoms with Gasteiger partial charge in [-0.25, -0.2) is 58.5 Å². The van der Waals surface area contributed by atoms with Gasteiger partial charge in [0.05, 0.1) is 99.4 Å². The number of aromatic amines is 1. The first-order valence-electron chi connectivity index (χ1n) is 38.9. The molecule has 12 aromatic rings. The zero-order valence-electron chi connectivity index (χ0n) is 69.8. The van der Waals surface area contributed by atoms with Crippen molar-refractivity contribution in [3.05, 3.63) is 358 Å². The van der Waals surface area contributed by atoms with Crippen LogP contribution in [0.3, 0.4) is 0 Å². The number of carbonyl (C=O) groups is 8. The number of aromatic nitrogens is 2. The van der Waals surface area contributed by atoms with Crippen LogP contribution in [-0.2, 0) is 34.6 Å². The van der Waals surface area contributed by atoms with Crippen LogP contribution in [0.2, 0.25) is 35.2 Å². The number of hydrogen-bond acceptors (Lipinski definition) is 12. The molecule has 18 nitrogen and oxygen atoms in total. The average Bonchev–Trinajstić information content (AvgIpc) is 1.60. The van der Waals surface area contributed by atoms with Crippen LogP contribution in [0, 0.1) is 78.9 Å². The molecule has 3 amide bonds. The van der Waals surface area contributed by atoms with Gasteiger partial charge in [-0.3, -0.25) is 28.8 Å². The minimum Gasteiger partial charge on any atom is -0.493 e. The van der Waals surface area contributed by atoms with Crippen LogP contribution >= 0.6 is 97.1 Å². The molecule has 0 fully saturated rings. The SMILES string of the molecule is CC(=O)c1c(C)ccc(Cl)c1F.CC(=O)c1c(CBr)ccc(Cl)c1F.CCOc1ccc(F)cc1C(C(=O)O)N1Cc2ccc(Cl)c(F)c2C1=O.CCOc1ccc(F)cc1C(C(C)=O)N1Cc2ccc(Cl)c(F)c2C1=O.CCOc1ccc(F)cc1C(c1nc2ccccc2[nH]1)N1Cc2ccc(Cl)c(F)c2C1=O.Cc1ccc(Cl)c(F)c1.Cc1ccc(Cl)c(F)c1C(=O)O. The van der Waals surface area contributed by atoms with Crippen molar-refractivity contribution in [1.29, 1.82) is 0 Å². The minimum atomic E-state index is -1.54. The lowest BCUT2D eigenvalue weighted by molar-refractivity contribution is -0.142. The summed E-state index contributed by atoms with van der Waals surface area (Å²) in [5.41, 5.74) is 5.12. The molecule has 3 unspecified atom stereocenters. The number of nitrogens with zero attached hydrogens (tertiary/aromatic N) is 4. The van der Waals surface area contributed by atoms with Crippen LogP contribution in [-0.4, -0.2) is 102 Å². The Morgan fingerprint density at radius 1 is 0.438 bits per heavy atom. The number of para-hydroxylation sites is 2. The second kappa shape index (κ2) is 45.3. The van der Waals surface area contributed by atoms with Gasteiger partial charge in [-0.1, -0.05) is 152 Å². The van der Waals surface area contributed by atoms with E-state index >= 15 is 0 Å². The van der Waals surface area contributed by atoms with E-state index in [1.54, 1.807) is 57.2 Å². The number of aryl methyl sites for hydroxylation is 3. The number of rotatable bonds is 19. The summed E-state index contributed by atoms with van der Waals surface area (Å²) in [6.07, 6.45) is 0. The van der Waals surface area contributed by atoms with Gasteiger partial charge in [0.1, 0.15) is 58.4 Å². The number of ether oxygens (including phenoxy) is 3. The van der Waals surface area contributed by atoms with E-state index in [4.69, 9.17) is 101 Å². The maximum absolute atomic E-state index is 14.7. The van der Waals surface area contributed by atoms with Gasteiger partial charge in [0.2, 0.25) is 0 Å². The van der Waals surface area contributed by atoms with Crippen LogP contribution < -0.4 is 14.2 Å². The molecular formula is C94H75BrCl7F10N5O13. The molecule has 1 aromatic heterocycles. The number of aromatic carboxylic acids is 1. The summed E-state index contributed by atoms with van der Waals surface area (Å²) in [6, 6.07) is 37.7. The summed E-state index contributed by atoms with van der Waals surface area (Å²) in [5, 5.41) is 18.2. The van der Waals surface area contributed by atoms with Crippen LogP contribution in [0.15, 0.2) is 170 Å². The Labute approximate surface area is 781 Å². The monoisotopic (exact) mass is 2000 g/mol. The largest absolute Gasteiger partial charge is 0.493 e. The third kappa shape index (κ3) is 23.6. The molecule has 3 aliphatic rings. The topological polar surface area (TPSA) is 243 Å². The van der Waals surface area contributed by atoms with Crippen molar-refractivity contribution < 1.29 is 107 Å². The zero-order valence-corrected chi connectivity index (χ0v) is 76.7. The number of amides is 3. The quantitative estimate of drug-likeness (QED) is 0.0387. The number of nitrogens with one attached hydrogen (secondary N) is 1. The van der Waals surface area contributed by atoms with E-state index in [0.29, 0.717) is 80.3 Å². The normalized spacial score (nSPS) is 12.7. The number of carboxylic acids is 2. The molecule has 15 rings (SSSR count). The van der Waals surface area contributed by atoms with E-state index < -0.39 is 100 Å². The Morgan fingerprint density at radius 2 is 0.808 bits per heavy atom. The van der Waals surface area contributed by atoms with Crippen molar-refractivity contribution in [3.63, 3.8) is 0 Å². The van der Waals surface area contributed by atoms with E-state index in [2.05, 4.69) is 25.9 Å². The van der Waals surface area contributed by atoms with E-state index in [-0.39, 0.29) is 135 Å². The number of halogens is 18. The number of benzene rings is 11. The molecule has 0 bridgehead atoms. The van der Waals surface area contributed by atoms with Crippen LogP contribution in [0.25, 0.3) is 11.0 Å². The average molecular weight is 2000 g/mol. The van der Waals surface area contributed by atoms with E-state index in [1.807, 2.05) is 38.1 Å². The van der Waals surface area contributed by atoms with Crippen LogP contribution in [0.4, 0.5) is 43.9 Å². The highest BCUT2D eigenvalue weighted by Crippen LogP contribution is 2.44. The van der Waals surface area contributed by atoms with Gasteiger partial charge in [0.15, 0.2) is 58.3 Å². The highest BCUT2D eigenvalue weighted by molar-refractivity contribution is 9.08. The standard InChI is InChI=1S/C24H18ClF2N3O2.C19H16ClF2NO3.C18H14ClF2NO4.C9H7BrClFO.C9H8ClFO.C8H6ClFO2.C7H6ClF/c1-2-32-19-10-8-14(26)11-15(19)22(23-28-17-5-3-4-6-18(17)29-23)30-12-13-7-9-16(25)21(27)20(13)24(30)31;1-3-26-15-7-5-12(21)8-13(15)18(10(2)24)23-9-11-4-6-14(20)17(22)16(11)19(23)25;1-2-26-13-6-4-10(20)7-11(13)16(18(24)25)22-8-9-3-5-12(19)15(21)14(9)17(22)23;1-5(13)8-6(4-10)2-3-7(11)9(8)12;1-5-3-4-7(10)9(11)8(5)6(2)12;1-4-2-3-5(9)7(10)6(4)8(11)12;1-5-2-3-6(8)7(9)4-5/h3-11,22H,2,12H2,1H3,(H,28,29);4-8,18H,3,9H2,1-2H3;3-7,16H,2,8H2,1H3,(H,24,25);2-3H,4H2,1H3;3-4H,1-2H3;2-3H,1H3,(H,11,12);2-4H,1H3. The van der Waals surface area contributed by atoms with Crippen LogP contribution in [0.1, 0.15) is 183 Å². The molecule has 0 spiro atoms. The van der Waals surface area contributed by atoms with E-state index in [9.17, 15) is 87.4 Å². The first kappa shape index (κ1) is 102. The summed E-state index contributed by atoms with van der Waals surface area (Å²) in [7, 11) is 0. The number of Topliss-reactive ketones (excluding diaryl/α,β-unsaturated/α-hetero) is 3. The molecule has 3 N–H and O–H groups in total. The summed E-state index contributed by atoms with van der Waals surface area (Å²) in [5.74, 6) is -11.1. The lowest BCUT2D eigenvalue weighted by atomic mass is 10.0. The number of H-pyrrole nitrogens is 1. The van der Waals surface area contributed by atoms with Gasteiger partial charge in [0, 0.05) is 41.7 Å². The smallest absolute Gasteiger partial charge is 0.339 e. The van der Waals surface area contributed by atoms with Gasteiger partial charge >= 0.3 is 11.9 Å². The van der Waals surface area contributed by atoms with Crippen molar-refractivity contribution in [2.45, 2.75) is 105 Å². The van der Waals surface area contributed by atoms with Crippen molar-refractivity contribution in [2.24, 2.45) is 0 Å². The highest BCUT2D eigenvalue weighted by atomic mass is 79.9. The number of fused-ring (bicyclic) bond motifs is 4. The summed E-state index contributed by atoms with van der Waals surface area (Å²) < 4.78 is 154. The number of carbonyl (C=O) groups excluding carboxylic acids is 6. The molecular weight excluding hydrogens is 1930 g/mol. The fourth-order valence-electron chi connectivity index (χ4n) is 14.0. The van der Waals surface area contributed by atoms with Gasteiger partial charge < -0.3 is 44.1 Å². The lowest BCUT2D eigenvalue weighted by Gasteiger charge is -2.28. The molecule has 36 heteroatoms. The first-order chi connectivity index (χ1) is 61.5. The lowest BCUT2D eigenvalue weighted by Crippen LogP contribution is -2.35. The van der Waals surface area contributed by atoms with E-state index in [0.717, 1.165) is 34.2 Å². The molecule has 130 heavy (non-hydrogen) atoms. The highest BCUT2D eigenvalue weighted by Gasteiger charge is 2.44. The Kier molecular flexibility index (Phi) is 35.6. The summed E-state index contributed by atoms with van der Waals surface area (Å²) in [6.45, 7) is 15.1. The third-order valence-electron chi connectivity index (χ3n) is 19.8. The van der Waals surface area contributed by atoms with Crippen molar-refractivity contribution in [2.75, 3.05) is 19.8 Å². The zero-order chi connectivity index (χ0) is 95.9. The maximum atomic E-state index is 14.7. The Hall–Kier alpha value is -11.5. The van der Waals surface area contributed by atoms with Crippen molar-refractivity contribution in [1.82, 2.24) is 24.7 Å². The second-order valence-electron chi connectivity index (χ2n) is 28.6. The second-order valence-corrected chi connectivity index (χ2v) is 32.0. The number of hydrogen-bond donors (Lipinski definition) is 3. The summed E-state index contributed by atoms with van der Waals surface area (Å²) in [4.78, 5) is 107. The predicted octanol–water partition coefficient (Wildman–Crippen LogP) is 25.6. The molecule has 11 aromatic carbocycles. The predicted molar refractivity (Wildman–Crippen MR) is 478 cm³/mol. The van der Waals surface area contributed by atoms with E-state index in [1.165, 1.54) is 128 Å². The van der Waals surface area contributed by atoms with Crippen molar-refractivity contribution >= 4 is 155 Å². The molecule has 0 radical (unpaired) electrons. The van der Waals surface area contributed by atoms with Gasteiger partial charge in [-0.05, 0) is 217 Å². The molecule has 0 aliphatic carbocycles. The van der Waals surface area contributed by atoms with Gasteiger partial charge in [-0.2, -0.15) is 0 Å². The maximum Gasteiger partial charge on any atom is 0.339 e. The summed E-state index contributed by atoms with van der Waals surface area (Å²) >= 11 is 42.4. The fraction of sp³-hybridized carbons (Fsp3) is 0.202. The van der Waals surface area contributed by atoms with Gasteiger partial charge in [-0.15, -0.1) is 0 Å². The molecule has 0 saturated carbocycles. The number of imidazole rings is 1. The fourth-order valence-corrected chi connectivity index (χ4v) is 15.6. The Morgan fingerprint density at radius 3 is 1.20 bits per heavy atom. The molecule has 3 atom stereocenters. The van der Waals surface area contributed by atoms with Gasteiger partial charge in [0.25, 0.3) is 17.7 Å². The Balaban J connectivity index is 0.000000179. The number of carboxylic acid groups (broad SMARTS) is 2. The third-order valence-corrected chi connectivity index (χ3v) is 22.5. The van der Waals surface area contributed by atoms with Crippen LogP contribution in [0.5, 0.6) is 17.2 Å². The molecule has 0 saturated heterocycles.